The third kappa shape index (κ3) is 4.47. The van der Waals surface area contributed by atoms with Gasteiger partial charge in [0, 0.05) is 42.6 Å². The number of pyridine rings is 1. The Morgan fingerprint density at radius 2 is 2.28 bits per heavy atom. The number of ether oxygens (including phenoxy) is 1. The molecule has 1 unspecified atom stereocenters. The zero-order valence-corrected chi connectivity index (χ0v) is 14.2. The van der Waals surface area contributed by atoms with E-state index in [9.17, 15) is 9.18 Å². The second-order valence-corrected chi connectivity index (χ2v) is 6.05. The SMILES string of the molecule is CCOc1cc(C(=O)NC2CCCN(c3cccc(F)c3)C2)ccn1. The van der Waals surface area contributed by atoms with Crippen LogP contribution in [-0.2, 0) is 0 Å². The third-order valence-electron chi connectivity index (χ3n) is 4.22. The first-order valence-corrected chi connectivity index (χ1v) is 8.56. The molecule has 1 atom stereocenters. The van der Waals surface area contributed by atoms with Crippen LogP contribution in [0.2, 0.25) is 0 Å². The van der Waals surface area contributed by atoms with Gasteiger partial charge in [-0.05, 0) is 44.0 Å². The van der Waals surface area contributed by atoms with Gasteiger partial charge in [-0.15, -0.1) is 0 Å². The van der Waals surface area contributed by atoms with Crippen LogP contribution in [0.25, 0.3) is 0 Å². The van der Waals surface area contributed by atoms with E-state index in [1.54, 1.807) is 24.4 Å². The molecular weight excluding hydrogens is 321 g/mol. The minimum atomic E-state index is -0.246. The van der Waals surface area contributed by atoms with Crippen molar-refractivity contribution in [1.29, 1.82) is 0 Å². The molecule has 1 aromatic carbocycles. The Labute approximate surface area is 146 Å². The first kappa shape index (κ1) is 17.2. The van der Waals surface area contributed by atoms with Gasteiger partial charge in [0.25, 0.3) is 5.91 Å². The highest BCUT2D eigenvalue weighted by Gasteiger charge is 2.22. The number of nitrogens with zero attached hydrogens (tertiary/aromatic N) is 2. The molecule has 3 rings (SSSR count). The summed E-state index contributed by atoms with van der Waals surface area (Å²) in [6.07, 6.45) is 3.42. The van der Waals surface area contributed by atoms with Crippen molar-refractivity contribution in [3.8, 4) is 5.88 Å². The molecule has 1 saturated heterocycles. The van der Waals surface area contributed by atoms with Gasteiger partial charge >= 0.3 is 0 Å². The van der Waals surface area contributed by atoms with Gasteiger partial charge in [-0.3, -0.25) is 4.79 Å². The summed E-state index contributed by atoms with van der Waals surface area (Å²) in [5.74, 6) is 0.0542. The van der Waals surface area contributed by atoms with Crippen molar-refractivity contribution >= 4 is 11.6 Å². The highest BCUT2D eigenvalue weighted by Crippen LogP contribution is 2.21. The molecule has 2 heterocycles. The molecule has 1 amide bonds. The number of anilines is 1. The number of hydrogen-bond acceptors (Lipinski definition) is 4. The first-order chi connectivity index (χ1) is 12.2. The molecule has 0 aliphatic carbocycles. The van der Waals surface area contributed by atoms with Gasteiger partial charge in [0.2, 0.25) is 5.88 Å². The molecular formula is C19H22FN3O2. The van der Waals surface area contributed by atoms with Crippen LogP contribution < -0.4 is 15.0 Å². The van der Waals surface area contributed by atoms with E-state index in [-0.39, 0.29) is 17.8 Å². The number of hydrogen-bond donors (Lipinski definition) is 1. The van der Waals surface area contributed by atoms with Crippen LogP contribution in [0.4, 0.5) is 10.1 Å². The van der Waals surface area contributed by atoms with Gasteiger partial charge in [-0.2, -0.15) is 0 Å². The molecule has 25 heavy (non-hydrogen) atoms. The van der Waals surface area contributed by atoms with Crippen molar-refractivity contribution in [2.24, 2.45) is 0 Å². The maximum absolute atomic E-state index is 13.4. The average molecular weight is 343 g/mol. The van der Waals surface area contributed by atoms with E-state index < -0.39 is 0 Å². The maximum atomic E-state index is 13.4. The van der Waals surface area contributed by atoms with Crippen LogP contribution in [0.5, 0.6) is 5.88 Å². The number of carbonyl (C=O) groups is 1. The van der Waals surface area contributed by atoms with Crippen molar-refractivity contribution in [3.05, 3.63) is 54.0 Å². The fourth-order valence-corrected chi connectivity index (χ4v) is 3.05. The van der Waals surface area contributed by atoms with Crippen LogP contribution in [0, 0.1) is 5.82 Å². The summed E-state index contributed by atoms with van der Waals surface area (Å²) in [7, 11) is 0. The second-order valence-electron chi connectivity index (χ2n) is 6.05. The lowest BCUT2D eigenvalue weighted by Crippen LogP contribution is -2.47. The molecule has 1 fully saturated rings. The molecule has 0 radical (unpaired) electrons. The van der Waals surface area contributed by atoms with E-state index in [1.807, 2.05) is 13.0 Å². The van der Waals surface area contributed by atoms with Crippen LogP contribution in [0.3, 0.4) is 0 Å². The van der Waals surface area contributed by atoms with Crippen LogP contribution in [0.15, 0.2) is 42.6 Å². The van der Waals surface area contributed by atoms with E-state index in [0.717, 1.165) is 25.1 Å². The summed E-state index contributed by atoms with van der Waals surface area (Å²) >= 11 is 0. The molecule has 1 aromatic heterocycles. The number of benzene rings is 1. The molecule has 0 saturated carbocycles. The smallest absolute Gasteiger partial charge is 0.251 e. The molecule has 2 aromatic rings. The van der Waals surface area contributed by atoms with Gasteiger partial charge in [-0.1, -0.05) is 6.07 Å². The minimum Gasteiger partial charge on any atom is -0.478 e. The predicted molar refractivity (Wildman–Crippen MR) is 94.5 cm³/mol. The minimum absolute atomic E-state index is 0.0215. The van der Waals surface area contributed by atoms with E-state index in [4.69, 9.17) is 4.74 Å². The molecule has 0 spiro atoms. The Morgan fingerprint density at radius 1 is 1.40 bits per heavy atom. The monoisotopic (exact) mass is 343 g/mol. The van der Waals surface area contributed by atoms with Crippen molar-refractivity contribution in [2.45, 2.75) is 25.8 Å². The quantitative estimate of drug-likeness (QED) is 0.907. The normalized spacial score (nSPS) is 17.2. The van der Waals surface area contributed by atoms with Gasteiger partial charge < -0.3 is 15.0 Å². The van der Waals surface area contributed by atoms with Crippen molar-refractivity contribution < 1.29 is 13.9 Å². The predicted octanol–water partition coefficient (Wildman–Crippen LogP) is 3.02. The average Bonchev–Trinajstić information content (AvgIpc) is 2.62. The fourth-order valence-electron chi connectivity index (χ4n) is 3.05. The summed E-state index contributed by atoms with van der Waals surface area (Å²) in [5, 5.41) is 3.06. The summed E-state index contributed by atoms with van der Waals surface area (Å²) in [5.41, 5.74) is 1.38. The van der Waals surface area contributed by atoms with Crippen LogP contribution >= 0.6 is 0 Å². The van der Waals surface area contributed by atoms with Gasteiger partial charge in [0.15, 0.2) is 0 Å². The zero-order chi connectivity index (χ0) is 17.6. The Kier molecular flexibility index (Phi) is 5.48. The number of nitrogens with one attached hydrogen (secondary N) is 1. The summed E-state index contributed by atoms with van der Waals surface area (Å²) < 4.78 is 18.8. The van der Waals surface area contributed by atoms with E-state index in [0.29, 0.717) is 24.6 Å². The highest BCUT2D eigenvalue weighted by atomic mass is 19.1. The zero-order valence-electron chi connectivity index (χ0n) is 14.2. The van der Waals surface area contributed by atoms with Gasteiger partial charge in [-0.25, -0.2) is 9.37 Å². The van der Waals surface area contributed by atoms with E-state index in [2.05, 4.69) is 15.2 Å². The van der Waals surface area contributed by atoms with Crippen molar-refractivity contribution in [2.75, 3.05) is 24.6 Å². The Bertz CT molecular complexity index is 738. The largest absolute Gasteiger partial charge is 0.478 e. The summed E-state index contributed by atoms with van der Waals surface area (Å²) in [4.78, 5) is 18.7. The number of halogens is 1. The van der Waals surface area contributed by atoms with E-state index >= 15 is 0 Å². The van der Waals surface area contributed by atoms with Crippen LogP contribution in [-0.4, -0.2) is 36.6 Å². The molecule has 132 valence electrons. The maximum Gasteiger partial charge on any atom is 0.251 e. The summed E-state index contributed by atoms with van der Waals surface area (Å²) in [6.45, 7) is 3.90. The lowest BCUT2D eigenvalue weighted by Gasteiger charge is -2.34. The topological polar surface area (TPSA) is 54.5 Å². The van der Waals surface area contributed by atoms with Crippen molar-refractivity contribution in [3.63, 3.8) is 0 Å². The molecule has 6 heteroatoms. The number of amides is 1. The van der Waals surface area contributed by atoms with Gasteiger partial charge in [0.05, 0.1) is 6.61 Å². The second kappa shape index (κ2) is 7.96. The Morgan fingerprint density at radius 3 is 3.08 bits per heavy atom. The Balaban J connectivity index is 1.64. The first-order valence-electron chi connectivity index (χ1n) is 8.56. The molecule has 0 bridgehead atoms. The van der Waals surface area contributed by atoms with Gasteiger partial charge in [0.1, 0.15) is 5.82 Å². The standard InChI is InChI=1S/C19H22FN3O2/c1-2-25-18-11-14(8-9-21-18)19(24)22-16-6-4-10-23(13-16)17-7-3-5-15(20)12-17/h3,5,7-9,11-12,16H,2,4,6,10,13H2,1H3,(H,22,24). The lowest BCUT2D eigenvalue weighted by atomic mass is 10.0. The fraction of sp³-hybridized carbons (Fsp3) is 0.368. The highest BCUT2D eigenvalue weighted by molar-refractivity contribution is 5.94. The molecule has 1 N–H and O–H groups in total. The number of piperidine rings is 1. The molecule has 1 aliphatic rings. The third-order valence-corrected chi connectivity index (χ3v) is 4.22. The molecule has 1 aliphatic heterocycles. The number of rotatable bonds is 5. The lowest BCUT2D eigenvalue weighted by molar-refractivity contribution is 0.0932. The van der Waals surface area contributed by atoms with Crippen LogP contribution in [0.1, 0.15) is 30.1 Å². The molecule has 5 nitrogen and oxygen atoms in total. The summed E-state index contributed by atoms with van der Waals surface area (Å²) in [6, 6.07) is 9.90. The number of carbonyl (C=O) groups excluding carboxylic acids is 1. The van der Waals surface area contributed by atoms with Crippen molar-refractivity contribution in [1.82, 2.24) is 10.3 Å². The van der Waals surface area contributed by atoms with E-state index in [1.165, 1.54) is 12.1 Å². The Hall–Kier alpha value is -2.63. The number of aromatic nitrogens is 1.